The standard InChI is InChI=1S/C10H8ClNO6S2/c11-12-7-1-2-9-6(3-7)4-8(20(14,15)16)5-10(9)19-18-17-13/h1-5,12-13H,(H,14,15,16). The fourth-order valence-electron chi connectivity index (χ4n) is 1.64. The van der Waals surface area contributed by atoms with Gasteiger partial charge in [0.2, 0.25) is 0 Å². The molecule has 0 bridgehead atoms. The lowest BCUT2D eigenvalue weighted by molar-refractivity contribution is -0.432. The van der Waals surface area contributed by atoms with E-state index in [0.717, 1.165) is 0 Å². The van der Waals surface area contributed by atoms with Crippen molar-refractivity contribution in [3.8, 4) is 0 Å². The molecule has 2 aromatic carbocycles. The lowest BCUT2D eigenvalue weighted by Crippen LogP contribution is -1.99. The van der Waals surface area contributed by atoms with E-state index in [9.17, 15) is 8.42 Å². The highest BCUT2D eigenvalue weighted by Crippen LogP contribution is 2.33. The first-order valence-corrected chi connectivity index (χ1v) is 7.58. The van der Waals surface area contributed by atoms with Gasteiger partial charge in [0.05, 0.1) is 16.9 Å². The van der Waals surface area contributed by atoms with E-state index in [0.29, 0.717) is 33.4 Å². The second-order valence-corrected chi connectivity index (χ2v) is 6.01. The molecule has 3 N–H and O–H groups in total. The topological polar surface area (TPSA) is 105 Å². The van der Waals surface area contributed by atoms with Crippen LogP contribution < -0.4 is 4.84 Å². The number of nitrogens with one attached hydrogen (secondary N) is 1. The lowest BCUT2D eigenvalue weighted by Gasteiger charge is -2.08. The molecular formula is C10H8ClNO6S2. The molecule has 2 aromatic rings. The SMILES string of the molecule is O=S(=O)(O)c1cc(SOOO)c2ccc(NCl)cc2c1. The number of fused-ring (bicyclic) bond motifs is 1. The van der Waals surface area contributed by atoms with Crippen LogP contribution in [0.25, 0.3) is 10.8 Å². The van der Waals surface area contributed by atoms with Crippen molar-refractivity contribution in [2.24, 2.45) is 0 Å². The van der Waals surface area contributed by atoms with Crippen LogP contribution in [-0.2, 0) is 19.5 Å². The molecule has 7 nitrogen and oxygen atoms in total. The molecule has 108 valence electrons. The monoisotopic (exact) mass is 337 g/mol. The van der Waals surface area contributed by atoms with E-state index >= 15 is 0 Å². The molecule has 0 saturated carbocycles. The van der Waals surface area contributed by atoms with Crippen LogP contribution in [0, 0.1) is 0 Å². The first kappa shape index (κ1) is 15.3. The average Bonchev–Trinajstić information content (AvgIpc) is 2.42. The minimum atomic E-state index is -4.39. The molecule has 0 aliphatic heterocycles. The van der Waals surface area contributed by atoms with Crippen LogP contribution in [0.2, 0.25) is 0 Å². The summed E-state index contributed by atoms with van der Waals surface area (Å²) in [5, 5.41) is 12.8. The molecule has 0 saturated heterocycles. The molecule has 20 heavy (non-hydrogen) atoms. The van der Waals surface area contributed by atoms with Crippen molar-refractivity contribution in [3.63, 3.8) is 0 Å². The maximum Gasteiger partial charge on any atom is 0.294 e. The Hall–Kier alpha value is -1.07. The third kappa shape index (κ3) is 3.33. The summed E-state index contributed by atoms with van der Waals surface area (Å²) >= 11 is 6.07. The second-order valence-electron chi connectivity index (χ2n) is 3.65. The smallest absolute Gasteiger partial charge is 0.294 e. The van der Waals surface area contributed by atoms with E-state index in [2.05, 4.69) is 14.2 Å². The molecule has 0 fully saturated rings. The summed E-state index contributed by atoms with van der Waals surface area (Å²) < 4.78 is 35.9. The fraction of sp³-hybridized carbons (Fsp3) is 0. The largest absolute Gasteiger partial charge is 0.298 e. The Morgan fingerprint density at radius 3 is 2.60 bits per heavy atom. The van der Waals surface area contributed by atoms with Crippen molar-refractivity contribution < 1.29 is 27.6 Å². The highest BCUT2D eigenvalue weighted by Gasteiger charge is 2.15. The Labute approximate surface area is 123 Å². The van der Waals surface area contributed by atoms with Crippen LogP contribution in [0.3, 0.4) is 0 Å². The first-order valence-electron chi connectivity index (χ1n) is 5.02. The van der Waals surface area contributed by atoms with Crippen LogP contribution in [0.1, 0.15) is 0 Å². The summed E-state index contributed by atoms with van der Waals surface area (Å²) in [4.78, 5) is 2.40. The van der Waals surface area contributed by atoms with Crippen LogP contribution in [0.4, 0.5) is 5.69 Å². The van der Waals surface area contributed by atoms with Crippen molar-refractivity contribution >= 4 is 50.4 Å². The van der Waals surface area contributed by atoms with Crippen molar-refractivity contribution in [3.05, 3.63) is 30.3 Å². The average molecular weight is 338 g/mol. The maximum atomic E-state index is 11.2. The molecule has 0 aromatic heterocycles. The van der Waals surface area contributed by atoms with Gasteiger partial charge in [0.25, 0.3) is 10.1 Å². The predicted molar refractivity (Wildman–Crippen MR) is 73.9 cm³/mol. The summed E-state index contributed by atoms with van der Waals surface area (Å²) in [7, 11) is -4.39. The molecular weight excluding hydrogens is 330 g/mol. The van der Waals surface area contributed by atoms with E-state index in [-0.39, 0.29) is 4.90 Å². The van der Waals surface area contributed by atoms with Gasteiger partial charge >= 0.3 is 0 Å². The Kier molecular flexibility index (Phi) is 4.70. The van der Waals surface area contributed by atoms with Gasteiger partial charge in [0, 0.05) is 22.4 Å². The molecule has 0 aliphatic rings. The summed E-state index contributed by atoms with van der Waals surface area (Å²) in [5.74, 6) is 0. The van der Waals surface area contributed by atoms with Crippen molar-refractivity contribution in [1.29, 1.82) is 0 Å². The summed E-state index contributed by atoms with van der Waals surface area (Å²) in [6, 6.07) is 7.38. The maximum absolute atomic E-state index is 11.2. The molecule has 0 atom stereocenters. The molecule has 0 unspecified atom stereocenters. The first-order chi connectivity index (χ1) is 9.45. The van der Waals surface area contributed by atoms with Gasteiger partial charge in [-0.3, -0.25) is 9.39 Å². The molecule has 0 spiro atoms. The van der Waals surface area contributed by atoms with Gasteiger partial charge in [0.15, 0.2) is 0 Å². The fourth-order valence-corrected chi connectivity index (χ4v) is 2.93. The number of benzene rings is 2. The molecule has 2 rings (SSSR count). The third-order valence-corrected chi connectivity index (χ3v) is 4.15. The Bertz CT molecular complexity index is 736. The van der Waals surface area contributed by atoms with Gasteiger partial charge in [-0.1, -0.05) is 11.1 Å². The van der Waals surface area contributed by atoms with Crippen LogP contribution in [0.15, 0.2) is 40.1 Å². The minimum absolute atomic E-state index is 0.319. The number of halogens is 1. The van der Waals surface area contributed by atoms with Crippen molar-refractivity contribution in [1.82, 2.24) is 0 Å². The van der Waals surface area contributed by atoms with E-state index in [1.165, 1.54) is 12.1 Å². The van der Waals surface area contributed by atoms with Crippen LogP contribution in [0.5, 0.6) is 0 Å². The van der Waals surface area contributed by atoms with Gasteiger partial charge in [-0.2, -0.15) is 8.42 Å². The summed E-state index contributed by atoms with van der Waals surface area (Å²) in [6.07, 6.45) is 0. The van der Waals surface area contributed by atoms with Gasteiger partial charge in [-0.05, 0) is 35.0 Å². The summed E-state index contributed by atoms with van der Waals surface area (Å²) in [6.45, 7) is 0. The highest BCUT2D eigenvalue weighted by molar-refractivity contribution is 7.94. The zero-order valence-electron chi connectivity index (χ0n) is 9.61. The normalized spacial score (nSPS) is 11.8. The van der Waals surface area contributed by atoms with Gasteiger partial charge in [-0.25, -0.2) is 5.26 Å². The second kappa shape index (κ2) is 6.14. The zero-order valence-corrected chi connectivity index (χ0v) is 12.0. The Balaban J connectivity index is 2.67. The zero-order chi connectivity index (χ0) is 14.8. The summed E-state index contributed by atoms with van der Waals surface area (Å²) in [5.41, 5.74) is 0.543. The van der Waals surface area contributed by atoms with Gasteiger partial charge in [-0.15, -0.1) is 4.33 Å². The Morgan fingerprint density at radius 2 is 2.00 bits per heavy atom. The molecule has 0 radical (unpaired) electrons. The number of rotatable bonds is 5. The molecule has 0 heterocycles. The van der Waals surface area contributed by atoms with Crippen molar-refractivity contribution in [2.45, 2.75) is 9.79 Å². The van der Waals surface area contributed by atoms with Crippen LogP contribution >= 0.6 is 23.8 Å². The minimum Gasteiger partial charge on any atom is -0.298 e. The molecule has 0 aliphatic carbocycles. The Morgan fingerprint density at radius 1 is 1.25 bits per heavy atom. The quantitative estimate of drug-likeness (QED) is 0.251. The predicted octanol–water partition coefficient (Wildman–Crippen LogP) is 3.08. The number of hydrogen-bond acceptors (Lipinski definition) is 7. The number of anilines is 1. The molecule has 0 amide bonds. The lowest BCUT2D eigenvalue weighted by atomic mass is 10.1. The number of hydrogen-bond donors (Lipinski definition) is 3. The van der Waals surface area contributed by atoms with Gasteiger partial charge in [0.1, 0.15) is 0 Å². The molecule has 10 heteroatoms. The van der Waals surface area contributed by atoms with E-state index in [1.807, 2.05) is 0 Å². The van der Waals surface area contributed by atoms with E-state index < -0.39 is 10.1 Å². The highest BCUT2D eigenvalue weighted by atomic mass is 35.5. The third-order valence-electron chi connectivity index (χ3n) is 2.45. The van der Waals surface area contributed by atoms with E-state index in [4.69, 9.17) is 21.6 Å². The van der Waals surface area contributed by atoms with Gasteiger partial charge < -0.3 is 0 Å². The van der Waals surface area contributed by atoms with Crippen molar-refractivity contribution in [2.75, 3.05) is 4.84 Å². The van der Waals surface area contributed by atoms with Crippen LogP contribution in [-0.4, -0.2) is 18.2 Å². The van der Waals surface area contributed by atoms with E-state index in [1.54, 1.807) is 18.2 Å².